The molecule has 0 N–H and O–H groups in total. The minimum absolute atomic E-state index is 0.290. The average molecular weight is 261 g/mol. The van der Waals surface area contributed by atoms with Crippen molar-refractivity contribution >= 4 is 21.7 Å². The first-order chi connectivity index (χ1) is 6.77. The number of aromatic nitrogens is 1. The zero-order valence-corrected chi connectivity index (χ0v) is 9.13. The second-order valence-electron chi connectivity index (χ2n) is 3.06. The van der Waals surface area contributed by atoms with Crippen molar-refractivity contribution in [2.24, 2.45) is 0 Å². The third-order valence-electron chi connectivity index (χ3n) is 2.10. The molecule has 1 aliphatic rings. The molecule has 76 valence electrons. The first kappa shape index (κ1) is 9.86. The third-order valence-corrected chi connectivity index (χ3v) is 2.53. The van der Waals surface area contributed by atoms with Gasteiger partial charge in [-0.05, 0) is 22.0 Å². The molecule has 14 heavy (non-hydrogen) atoms. The van der Waals surface area contributed by atoms with Gasteiger partial charge < -0.3 is 9.64 Å². The largest absolute Gasteiger partial charge is 0.378 e. The van der Waals surface area contributed by atoms with E-state index in [0.29, 0.717) is 36.6 Å². The maximum Gasteiger partial charge on any atom is 0.166 e. The van der Waals surface area contributed by atoms with Crippen LogP contribution in [0.5, 0.6) is 0 Å². The van der Waals surface area contributed by atoms with Gasteiger partial charge in [0, 0.05) is 23.8 Å². The number of pyridine rings is 1. The van der Waals surface area contributed by atoms with E-state index in [1.807, 2.05) is 4.90 Å². The van der Waals surface area contributed by atoms with E-state index in [1.54, 1.807) is 6.20 Å². The minimum Gasteiger partial charge on any atom is -0.378 e. The molecule has 0 aromatic carbocycles. The Morgan fingerprint density at radius 2 is 2.14 bits per heavy atom. The Morgan fingerprint density at radius 3 is 2.79 bits per heavy atom. The van der Waals surface area contributed by atoms with E-state index in [2.05, 4.69) is 20.9 Å². The average Bonchev–Trinajstić information content (AvgIpc) is 2.19. The molecule has 0 spiro atoms. The van der Waals surface area contributed by atoms with E-state index >= 15 is 0 Å². The Hall–Kier alpha value is -0.680. The van der Waals surface area contributed by atoms with Gasteiger partial charge in [0.15, 0.2) is 11.6 Å². The second kappa shape index (κ2) is 4.23. The van der Waals surface area contributed by atoms with Gasteiger partial charge in [0.05, 0.1) is 13.2 Å². The van der Waals surface area contributed by atoms with Crippen LogP contribution in [-0.2, 0) is 4.74 Å². The second-order valence-corrected chi connectivity index (χ2v) is 3.97. The molecule has 0 saturated carbocycles. The quantitative estimate of drug-likeness (QED) is 0.771. The first-order valence-corrected chi connectivity index (χ1v) is 5.20. The van der Waals surface area contributed by atoms with Gasteiger partial charge in [0.25, 0.3) is 0 Å². The Kier molecular flexibility index (Phi) is 2.98. The van der Waals surface area contributed by atoms with E-state index in [0.717, 1.165) is 0 Å². The Balaban J connectivity index is 2.22. The van der Waals surface area contributed by atoms with Crippen LogP contribution in [0.4, 0.5) is 10.2 Å². The highest BCUT2D eigenvalue weighted by molar-refractivity contribution is 9.10. The highest BCUT2D eigenvalue weighted by Gasteiger charge is 2.16. The molecule has 1 aromatic heterocycles. The summed E-state index contributed by atoms with van der Waals surface area (Å²) >= 11 is 3.17. The number of rotatable bonds is 1. The molecule has 1 aromatic rings. The van der Waals surface area contributed by atoms with Crippen LogP contribution in [0.3, 0.4) is 0 Å². The number of halogens is 2. The first-order valence-electron chi connectivity index (χ1n) is 4.41. The van der Waals surface area contributed by atoms with Gasteiger partial charge in [0.1, 0.15) is 0 Å². The highest BCUT2D eigenvalue weighted by Crippen LogP contribution is 2.20. The van der Waals surface area contributed by atoms with Crippen molar-refractivity contribution in [1.82, 2.24) is 4.98 Å². The lowest BCUT2D eigenvalue weighted by Crippen LogP contribution is -2.37. The van der Waals surface area contributed by atoms with E-state index in [9.17, 15) is 4.39 Å². The maximum atomic E-state index is 13.5. The Bertz CT molecular complexity index is 329. The minimum atomic E-state index is -0.290. The number of nitrogens with zero attached hydrogens (tertiary/aromatic N) is 2. The van der Waals surface area contributed by atoms with Gasteiger partial charge >= 0.3 is 0 Å². The lowest BCUT2D eigenvalue weighted by Gasteiger charge is -2.27. The summed E-state index contributed by atoms with van der Waals surface area (Å²) in [5.41, 5.74) is 0. The Morgan fingerprint density at radius 1 is 1.43 bits per heavy atom. The molecule has 0 radical (unpaired) electrons. The molecule has 1 fully saturated rings. The molecule has 0 atom stereocenters. The monoisotopic (exact) mass is 260 g/mol. The predicted molar refractivity (Wildman–Crippen MR) is 54.9 cm³/mol. The normalized spacial score (nSPS) is 17.1. The van der Waals surface area contributed by atoms with Gasteiger partial charge in [-0.25, -0.2) is 9.37 Å². The summed E-state index contributed by atoms with van der Waals surface area (Å²) < 4.78 is 19.3. The summed E-state index contributed by atoms with van der Waals surface area (Å²) in [5, 5.41) is 0. The van der Waals surface area contributed by atoms with Crippen molar-refractivity contribution in [2.45, 2.75) is 0 Å². The number of anilines is 1. The van der Waals surface area contributed by atoms with Crippen molar-refractivity contribution in [3.8, 4) is 0 Å². The summed E-state index contributed by atoms with van der Waals surface area (Å²) in [4.78, 5) is 5.94. The SMILES string of the molecule is Fc1cc(Br)cnc1N1CCOCC1. The van der Waals surface area contributed by atoms with Crippen molar-refractivity contribution in [1.29, 1.82) is 0 Å². The number of ether oxygens (including phenoxy) is 1. The number of morpholine rings is 1. The lowest BCUT2D eigenvalue weighted by atomic mass is 10.3. The van der Waals surface area contributed by atoms with E-state index in [-0.39, 0.29) is 5.82 Å². The molecule has 0 bridgehead atoms. The molecule has 0 aliphatic carbocycles. The fourth-order valence-electron chi connectivity index (χ4n) is 1.42. The molecule has 1 aliphatic heterocycles. The zero-order chi connectivity index (χ0) is 9.97. The van der Waals surface area contributed by atoms with Crippen LogP contribution >= 0.6 is 15.9 Å². The van der Waals surface area contributed by atoms with Crippen LogP contribution < -0.4 is 4.90 Å². The summed E-state index contributed by atoms with van der Waals surface area (Å²) in [6.45, 7) is 2.67. The fraction of sp³-hybridized carbons (Fsp3) is 0.444. The molecule has 2 rings (SSSR count). The van der Waals surface area contributed by atoms with Gasteiger partial charge in [-0.1, -0.05) is 0 Å². The number of hydrogen-bond acceptors (Lipinski definition) is 3. The van der Waals surface area contributed by atoms with Gasteiger partial charge in [-0.2, -0.15) is 0 Å². The van der Waals surface area contributed by atoms with Crippen LogP contribution in [0.1, 0.15) is 0 Å². The molecule has 0 unspecified atom stereocenters. The smallest absolute Gasteiger partial charge is 0.166 e. The van der Waals surface area contributed by atoms with Crippen molar-refractivity contribution in [3.05, 3.63) is 22.6 Å². The van der Waals surface area contributed by atoms with E-state index < -0.39 is 0 Å². The van der Waals surface area contributed by atoms with Gasteiger partial charge in [-0.3, -0.25) is 0 Å². The summed E-state index contributed by atoms with van der Waals surface area (Å²) in [6.07, 6.45) is 1.61. The lowest BCUT2D eigenvalue weighted by molar-refractivity contribution is 0.122. The number of hydrogen-bond donors (Lipinski definition) is 0. The molecule has 1 saturated heterocycles. The van der Waals surface area contributed by atoms with Crippen molar-refractivity contribution in [3.63, 3.8) is 0 Å². The van der Waals surface area contributed by atoms with Gasteiger partial charge in [-0.15, -0.1) is 0 Å². The van der Waals surface area contributed by atoms with E-state index in [4.69, 9.17) is 4.74 Å². The predicted octanol–water partition coefficient (Wildman–Crippen LogP) is 1.82. The summed E-state index contributed by atoms with van der Waals surface area (Å²) in [7, 11) is 0. The van der Waals surface area contributed by atoms with Crippen LogP contribution in [0, 0.1) is 5.82 Å². The standard InChI is InChI=1S/C9H10BrFN2O/c10-7-5-8(11)9(12-6-7)13-1-3-14-4-2-13/h5-6H,1-4H2. The molecular weight excluding hydrogens is 251 g/mol. The van der Waals surface area contributed by atoms with Crippen LogP contribution in [0.2, 0.25) is 0 Å². The summed E-state index contributed by atoms with van der Waals surface area (Å²) in [6, 6.07) is 1.43. The van der Waals surface area contributed by atoms with Crippen LogP contribution in [0.15, 0.2) is 16.7 Å². The van der Waals surface area contributed by atoms with Crippen LogP contribution in [0.25, 0.3) is 0 Å². The zero-order valence-electron chi connectivity index (χ0n) is 7.54. The van der Waals surface area contributed by atoms with Crippen molar-refractivity contribution < 1.29 is 9.13 Å². The van der Waals surface area contributed by atoms with Gasteiger partial charge in [0.2, 0.25) is 0 Å². The highest BCUT2D eigenvalue weighted by atomic mass is 79.9. The van der Waals surface area contributed by atoms with Crippen molar-refractivity contribution in [2.75, 3.05) is 31.2 Å². The fourth-order valence-corrected chi connectivity index (χ4v) is 1.72. The maximum absolute atomic E-state index is 13.5. The summed E-state index contributed by atoms with van der Waals surface area (Å²) in [5.74, 6) is 0.123. The molecule has 0 amide bonds. The van der Waals surface area contributed by atoms with E-state index in [1.165, 1.54) is 6.07 Å². The third kappa shape index (κ3) is 2.04. The molecule has 3 nitrogen and oxygen atoms in total. The molecule has 2 heterocycles. The molecular formula is C9H10BrFN2O. The molecule has 5 heteroatoms. The Labute approximate surface area is 90.0 Å². The topological polar surface area (TPSA) is 25.4 Å². The van der Waals surface area contributed by atoms with Crippen LogP contribution in [-0.4, -0.2) is 31.3 Å².